The number of piperazine rings is 1. The van der Waals surface area contributed by atoms with Gasteiger partial charge in [-0.25, -0.2) is 0 Å². The first-order valence-electron chi connectivity index (χ1n) is 10.1. The highest BCUT2D eigenvalue weighted by Gasteiger charge is 2.25. The van der Waals surface area contributed by atoms with Crippen LogP contribution in [0.15, 0.2) is 60.7 Å². The van der Waals surface area contributed by atoms with E-state index in [-0.39, 0.29) is 23.8 Å². The lowest BCUT2D eigenvalue weighted by Crippen LogP contribution is -2.46. The van der Waals surface area contributed by atoms with Gasteiger partial charge in [-0.15, -0.1) is 12.4 Å². The SMILES string of the molecule is Cl.O.O=C1c2ccccc2CN1C/C=C\CN1CCN(c2nsc3ccccc23)CC1. The van der Waals surface area contributed by atoms with Gasteiger partial charge in [0, 0.05) is 56.8 Å². The number of anilines is 1. The number of aromatic nitrogens is 1. The van der Waals surface area contributed by atoms with E-state index in [0.717, 1.165) is 56.2 Å². The van der Waals surface area contributed by atoms with Crippen LogP contribution < -0.4 is 4.90 Å². The summed E-state index contributed by atoms with van der Waals surface area (Å²) in [5, 5.41) is 1.27. The van der Waals surface area contributed by atoms with Crippen molar-refractivity contribution in [2.45, 2.75) is 6.54 Å². The van der Waals surface area contributed by atoms with Gasteiger partial charge in [-0.2, -0.15) is 4.37 Å². The molecule has 31 heavy (non-hydrogen) atoms. The third kappa shape index (κ3) is 4.75. The fraction of sp³-hybridized carbons (Fsp3) is 0.304. The molecule has 1 saturated heterocycles. The van der Waals surface area contributed by atoms with E-state index in [2.05, 4.69) is 50.6 Å². The van der Waals surface area contributed by atoms with E-state index in [1.807, 2.05) is 29.2 Å². The Hall–Kier alpha value is -2.45. The minimum absolute atomic E-state index is 0. The van der Waals surface area contributed by atoms with Crippen molar-refractivity contribution in [1.82, 2.24) is 14.2 Å². The molecule has 0 radical (unpaired) electrons. The summed E-state index contributed by atoms with van der Waals surface area (Å²) in [6.07, 6.45) is 4.33. The molecular weight excluding hydrogens is 432 g/mol. The number of carbonyl (C=O) groups excluding carboxylic acids is 1. The predicted molar refractivity (Wildman–Crippen MR) is 129 cm³/mol. The second kappa shape index (κ2) is 10.2. The molecule has 2 N–H and O–H groups in total. The molecule has 0 saturated carbocycles. The summed E-state index contributed by atoms with van der Waals surface area (Å²) in [5.74, 6) is 1.28. The first-order chi connectivity index (χ1) is 14.3. The van der Waals surface area contributed by atoms with Crippen LogP contribution in [0.25, 0.3) is 10.1 Å². The second-order valence-electron chi connectivity index (χ2n) is 7.60. The lowest BCUT2D eigenvalue weighted by atomic mass is 10.1. The number of benzene rings is 2. The van der Waals surface area contributed by atoms with Gasteiger partial charge >= 0.3 is 0 Å². The number of hydrogen-bond donors (Lipinski definition) is 0. The maximum atomic E-state index is 12.4. The van der Waals surface area contributed by atoms with Crippen LogP contribution in [0.3, 0.4) is 0 Å². The van der Waals surface area contributed by atoms with Gasteiger partial charge < -0.3 is 15.3 Å². The number of hydrogen-bond acceptors (Lipinski definition) is 5. The molecular formula is C23H27ClN4O2S. The zero-order chi connectivity index (χ0) is 19.6. The van der Waals surface area contributed by atoms with E-state index in [1.54, 1.807) is 11.5 Å². The maximum absolute atomic E-state index is 12.4. The van der Waals surface area contributed by atoms with E-state index in [1.165, 1.54) is 10.1 Å². The van der Waals surface area contributed by atoms with Gasteiger partial charge in [-0.05, 0) is 35.3 Å². The smallest absolute Gasteiger partial charge is 0.254 e. The average Bonchev–Trinajstić information content (AvgIpc) is 3.33. The van der Waals surface area contributed by atoms with Crippen LogP contribution >= 0.6 is 23.9 Å². The van der Waals surface area contributed by atoms with Crippen molar-refractivity contribution in [1.29, 1.82) is 0 Å². The first kappa shape index (κ1) is 23.2. The summed E-state index contributed by atoms with van der Waals surface area (Å²) in [6, 6.07) is 16.4. The number of fused-ring (bicyclic) bond motifs is 2. The minimum Gasteiger partial charge on any atom is -0.412 e. The fourth-order valence-corrected chi connectivity index (χ4v) is 4.93. The van der Waals surface area contributed by atoms with Crippen LogP contribution in [0.1, 0.15) is 15.9 Å². The van der Waals surface area contributed by atoms with Gasteiger partial charge in [-0.1, -0.05) is 42.5 Å². The van der Waals surface area contributed by atoms with Gasteiger partial charge in [-0.3, -0.25) is 9.69 Å². The Bertz CT molecular complexity index is 1060. The molecule has 2 aromatic carbocycles. The molecule has 1 aromatic heterocycles. The molecule has 3 aromatic rings. The Morgan fingerprint density at radius 2 is 1.65 bits per heavy atom. The van der Waals surface area contributed by atoms with E-state index in [0.29, 0.717) is 6.54 Å². The van der Waals surface area contributed by atoms with Crippen molar-refractivity contribution in [3.05, 3.63) is 71.8 Å². The third-order valence-electron chi connectivity index (χ3n) is 5.78. The molecule has 8 heteroatoms. The molecule has 5 rings (SSSR count). The van der Waals surface area contributed by atoms with Crippen molar-refractivity contribution in [3.63, 3.8) is 0 Å². The van der Waals surface area contributed by atoms with Crippen LogP contribution in [0.2, 0.25) is 0 Å². The molecule has 164 valence electrons. The molecule has 1 fully saturated rings. The topological polar surface area (TPSA) is 71.2 Å². The number of carbonyl (C=O) groups is 1. The van der Waals surface area contributed by atoms with Gasteiger partial charge in [0.15, 0.2) is 0 Å². The van der Waals surface area contributed by atoms with Crippen LogP contribution in [-0.2, 0) is 6.54 Å². The molecule has 0 spiro atoms. The Balaban J connectivity index is 0.00000136. The normalized spacial score (nSPS) is 16.5. The van der Waals surface area contributed by atoms with Gasteiger partial charge in [0.1, 0.15) is 5.82 Å². The molecule has 2 aliphatic rings. The minimum atomic E-state index is 0. The second-order valence-corrected chi connectivity index (χ2v) is 8.41. The molecule has 0 aliphatic carbocycles. The van der Waals surface area contributed by atoms with Crippen molar-refractivity contribution in [2.75, 3.05) is 44.2 Å². The van der Waals surface area contributed by atoms with Crippen molar-refractivity contribution < 1.29 is 10.3 Å². The molecule has 0 atom stereocenters. The lowest BCUT2D eigenvalue weighted by molar-refractivity contribution is 0.0796. The average molecular weight is 459 g/mol. The highest BCUT2D eigenvalue weighted by Crippen LogP contribution is 2.29. The summed E-state index contributed by atoms with van der Waals surface area (Å²) in [7, 11) is 0. The summed E-state index contributed by atoms with van der Waals surface area (Å²) >= 11 is 1.58. The summed E-state index contributed by atoms with van der Waals surface area (Å²) in [5.41, 5.74) is 1.99. The summed E-state index contributed by atoms with van der Waals surface area (Å²) in [6.45, 7) is 6.40. The molecule has 1 amide bonds. The number of rotatable bonds is 5. The zero-order valence-corrected chi connectivity index (χ0v) is 18.9. The van der Waals surface area contributed by atoms with Crippen molar-refractivity contribution >= 4 is 45.8 Å². The Morgan fingerprint density at radius 1 is 0.935 bits per heavy atom. The highest BCUT2D eigenvalue weighted by atomic mass is 35.5. The predicted octanol–water partition coefficient (Wildman–Crippen LogP) is 3.23. The van der Waals surface area contributed by atoms with Gasteiger partial charge in [0.25, 0.3) is 5.91 Å². The maximum Gasteiger partial charge on any atom is 0.254 e. The van der Waals surface area contributed by atoms with E-state index < -0.39 is 0 Å². The van der Waals surface area contributed by atoms with Gasteiger partial charge in [0.2, 0.25) is 0 Å². The van der Waals surface area contributed by atoms with Crippen molar-refractivity contribution in [2.24, 2.45) is 0 Å². The molecule has 0 bridgehead atoms. The fourth-order valence-electron chi connectivity index (χ4n) is 4.13. The van der Waals surface area contributed by atoms with Gasteiger partial charge in [0.05, 0.1) is 4.70 Å². The monoisotopic (exact) mass is 458 g/mol. The largest absolute Gasteiger partial charge is 0.412 e. The van der Waals surface area contributed by atoms with Crippen LogP contribution in [-0.4, -0.2) is 64.8 Å². The van der Waals surface area contributed by atoms with Crippen LogP contribution in [0.5, 0.6) is 0 Å². The standard InChI is InChI=1S/C23H24N4OS.ClH.H2O/c28-23-19-8-2-1-7-18(19)17-27(23)12-6-5-11-25-13-15-26(16-14-25)22-20-9-3-4-10-21(20)29-24-22;;/h1-10H,11-17H2;1H;1H2/b6-5-;;. The zero-order valence-electron chi connectivity index (χ0n) is 17.2. The summed E-state index contributed by atoms with van der Waals surface area (Å²) in [4.78, 5) is 19.2. The number of amides is 1. The molecule has 6 nitrogen and oxygen atoms in total. The summed E-state index contributed by atoms with van der Waals surface area (Å²) < 4.78 is 5.94. The van der Waals surface area contributed by atoms with E-state index in [4.69, 9.17) is 0 Å². The third-order valence-corrected chi connectivity index (χ3v) is 6.60. The Labute approximate surface area is 192 Å². The van der Waals surface area contributed by atoms with E-state index >= 15 is 0 Å². The number of halogens is 1. The Morgan fingerprint density at radius 3 is 2.45 bits per heavy atom. The first-order valence-corrected chi connectivity index (χ1v) is 10.9. The lowest BCUT2D eigenvalue weighted by Gasteiger charge is -2.34. The molecule has 0 unspecified atom stereocenters. The van der Waals surface area contributed by atoms with Crippen molar-refractivity contribution in [3.8, 4) is 0 Å². The molecule has 2 aliphatic heterocycles. The molecule has 3 heterocycles. The van der Waals surface area contributed by atoms with E-state index in [9.17, 15) is 4.79 Å². The Kier molecular flexibility index (Phi) is 7.67. The highest BCUT2D eigenvalue weighted by molar-refractivity contribution is 7.13. The van der Waals surface area contributed by atoms with Crippen LogP contribution in [0, 0.1) is 0 Å². The van der Waals surface area contributed by atoms with Crippen LogP contribution in [0.4, 0.5) is 5.82 Å². The number of nitrogens with zero attached hydrogens (tertiary/aromatic N) is 4. The quantitative estimate of drug-likeness (QED) is 0.550.